The van der Waals surface area contributed by atoms with E-state index < -0.39 is 17.2 Å². The normalized spacial score (nSPS) is 10.8. The highest BCUT2D eigenvalue weighted by Gasteiger charge is 2.19. The van der Waals surface area contributed by atoms with Crippen LogP contribution in [0.4, 0.5) is 0 Å². The molecule has 0 saturated carbocycles. The van der Waals surface area contributed by atoms with Gasteiger partial charge in [0.15, 0.2) is 11.3 Å². The van der Waals surface area contributed by atoms with Crippen LogP contribution in [0.5, 0.6) is 5.75 Å². The van der Waals surface area contributed by atoms with Crippen molar-refractivity contribution in [2.75, 3.05) is 14.2 Å². The molecule has 3 aromatic rings. The molecule has 1 aromatic carbocycles. The standard InChI is InChI=1S/C18H17N3O5/c1-20-15-14(16(22)21(2)18(20)24)12(9-13(19-15)17(23)26-4)10-5-7-11(25-3)8-6-10/h5-9H,1-4H3. The number of esters is 1. The predicted octanol–water partition coefficient (Wildman–Crippen LogP) is 1.09. The lowest BCUT2D eigenvalue weighted by Crippen LogP contribution is -2.37. The fraction of sp³-hybridized carbons (Fsp3) is 0.222. The Balaban J connectivity index is 2.47. The Labute approximate surface area is 148 Å². The third kappa shape index (κ3) is 2.65. The number of carbonyl (C=O) groups is 1. The van der Waals surface area contributed by atoms with Crippen molar-refractivity contribution < 1.29 is 14.3 Å². The number of rotatable bonds is 3. The number of hydrogen-bond donors (Lipinski definition) is 0. The summed E-state index contributed by atoms with van der Waals surface area (Å²) >= 11 is 0. The highest BCUT2D eigenvalue weighted by atomic mass is 16.5. The van der Waals surface area contributed by atoms with E-state index in [0.29, 0.717) is 16.9 Å². The third-order valence-corrected chi connectivity index (χ3v) is 4.21. The number of pyridine rings is 1. The first-order valence-electron chi connectivity index (χ1n) is 7.72. The van der Waals surface area contributed by atoms with Gasteiger partial charge in [-0.1, -0.05) is 12.1 Å². The maximum Gasteiger partial charge on any atom is 0.356 e. The van der Waals surface area contributed by atoms with Crippen molar-refractivity contribution in [3.8, 4) is 16.9 Å². The van der Waals surface area contributed by atoms with Gasteiger partial charge in [-0.15, -0.1) is 0 Å². The second kappa shape index (κ2) is 6.47. The van der Waals surface area contributed by atoms with Gasteiger partial charge in [-0.3, -0.25) is 13.9 Å². The second-order valence-electron chi connectivity index (χ2n) is 5.68. The maximum atomic E-state index is 12.7. The molecule has 0 spiro atoms. The SMILES string of the molecule is COC(=O)c1cc(-c2ccc(OC)cc2)c2c(=O)n(C)c(=O)n(C)c2n1. The Morgan fingerprint density at radius 3 is 2.27 bits per heavy atom. The lowest BCUT2D eigenvalue weighted by Gasteiger charge is -2.12. The summed E-state index contributed by atoms with van der Waals surface area (Å²) in [5.41, 5.74) is 0.268. The van der Waals surface area contributed by atoms with Crippen molar-refractivity contribution in [2.45, 2.75) is 0 Å². The van der Waals surface area contributed by atoms with E-state index in [1.165, 1.54) is 31.8 Å². The Hall–Kier alpha value is -3.42. The van der Waals surface area contributed by atoms with E-state index in [-0.39, 0.29) is 16.7 Å². The van der Waals surface area contributed by atoms with Crippen molar-refractivity contribution in [3.63, 3.8) is 0 Å². The highest BCUT2D eigenvalue weighted by molar-refractivity contribution is 5.98. The topological polar surface area (TPSA) is 92.4 Å². The lowest BCUT2D eigenvalue weighted by atomic mass is 10.0. The fourth-order valence-electron chi connectivity index (χ4n) is 2.76. The number of fused-ring (bicyclic) bond motifs is 1. The monoisotopic (exact) mass is 355 g/mol. The van der Waals surface area contributed by atoms with E-state index >= 15 is 0 Å². The average Bonchev–Trinajstić information content (AvgIpc) is 2.69. The minimum atomic E-state index is -0.658. The largest absolute Gasteiger partial charge is 0.497 e. The minimum Gasteiger partial charge on any atom is -0.497 e. The zero-order valence-electron chi connectivity index (χ0n) is 14.8. The zero-order valence-corrected chi connectivity index (χ0v) is 14.8. The summed E-state index contributed by atoms with van der Waals surface area (Å²) in [6.07, 6.45) is 0. The van der Waals surface area contributed by atoms with Gasteiger partial charge in [0.05, 0.1) is 19.6 Å². The summed E-state index contributed by atoms with van der Waals surface area (Å²) in [5, 5.41) is 0.243. The molecule has 0 aliphatic heterocycles. The molecule has 3 rings (SSSR count). The summed E-state index contributed by atoms with van der Waals surface area (Å²) in [6, 6.07) is 8.50. The minimum absolute atomic E-state index is 0.00840. The first kappa shape index (κ1) is 17.4. The molecule has 2 heterocycles. The van der Waals surface area contributed by atoms with Gasteiger partial charge in [0, 0.05) is 19.7 Å². The molecule has 0 atom stereocenters. The van der Waals surface area contributed by atoms with E-state index in [9.17, 15) is 14.4 Å². The van der Waals surface area contributed by atoms with E-state index in [4.69, 9.17) is 9.47 Å². The van der Waals surface area contributed by atoms with Crippen LogP contribution in [-0.2, 0) is 18.8 Å². The molecule has 0 fully saturated rings. The number of aromatic nitrogens is 3. The summed E-state index contributed by atoms with van der Waals surface area (Å²) in [5.74, 6) is -0.00427. The zero-order chi connectivity index (χ0) is 19.0. The van der Waals surface area contributed by atoms with Crippen LogP contribution in [0.3, 0.4) is 0 Å². The van der Waals surface area contributed by atoms with Crippen molar-refractivity contribution >= 4 is 17.0 Å². The maximum absolute atomic E-state index is 12.7. The number of aryl methyl sites for hydroxylation is 1. The van der Waals surface area contributed by atoms with Crippen molar-refractivity contribution in [3.05, 3.63) is 56.9 Å². The first-order chi connectivity index (χ1) is 12.4. The van der Waals surface area contributed by atoms with Crippen molar-refractivity contribution in [1.82, 2.24) is 14.1 Å². The number of methoxy groups -OCH3 is 2. The molecular weight excluding hydrogens is 338 g/mol. The smallest absolute Gasteiger partial charge is 0.356 e. The highest BCUT2D eigenvalue weighted by Crippen LogP contribution is 2.28. The Kier molecular flexibility index (Phi) is 4.33. The van der Waals surface area contributed by atoms with Crippen LogP contribution in [0, 0.1) is 0 Å². The molecule has 0 saturated heterocycles. The molecule has 134 valence electrons. The third-order valence-electron chi connectivity index (χ3n) is 4.21. The van der Waals surface area contributed by atoms with Gasteiger partial charge in [-0.05, 0) is 23.8 Å². The van der Waals surface area contributed by atoms with Gasteiger partial charge in [-0.2, -0.15) is 0 Å². The molecule has 0 bridgehead atoms. The molecule has 26 heavy (non-hydrogen) atoms. The van der Waals surface area contributed by atoms with Gasteiger partial charge in [0.2, 0.25) is 0 Å². The van der Waals surface area contributed by atoms with E-state index in [0.717, 1.165) is 4.57 Å². The number of carbonyl (C=O) groups excluding carboxylic acids is 1. The lowest BCUT2D eigenvalue weighted by molar-refractivity contribution is 0.0594. The Morgan fingerprint density at radius 2 is 1.69 bits per heavy atom. The number of nitrogens with zero attached hydrogens (tertiary/aromatic N) is 3. The average molecular weight is 355 g/mol. The fourth-order valence-corrected chi connectivity index (χ4v) is 2.76. The van der Waals surface area contributed by atoms with Crippen LogP contribution in [0.2, 0.25) is 0 Å². The van der Waals surface area contributed by atoms with Crippen LogP contribution < -0.4 is 16.0 Å². The van der Waals surface area contributed by atoms with Crippen molar-refractivity contribution in [2.24, 2.45) is 14.1 Å². The van der Waals surface area contributed by atoms with Crippen LogP contribution >= 0.6 is 0 Å². The van der Waals surface area contributed by atoms with Gasteiger partial charge >= 0.3 is 11.7 Å². The summed E-state index contributed by atoms with van der Waals surface area (Å²) < 4.78 is 12.1. The molecular formula is C18H17N3O5. The van der Waals surface area contributed by atoms with Crippen LogP contribution in [-0.4, -0.2) is 34.3 Å². The molecule has 0 aliphatic rings. The molecule has 8 nitrogen and oxygen atoms in total. The molecule has 0 unspecified atom stereocenters. The first-order valence-corrected chi connectivity index (χ1v) is 7.72. The Bertz CT molecular complexity index is 1130. The van der Waals surface area contributed by atoms with Gasteiger partial charge in [0.25, 0.3) is 5.56 Å². The molecule has 8 heteroatoms. The van der Waals surface area contributed by atoms with Gasteiger partial charge < -0.3 is 9.47 Å². The second-order valence-corrected chi connectivity index (χ2v) is 5.68. The van der Waals surface area contributed by atoms with Crippen LogP contribution in [0.15, 0.2) is 39.9 Å². The van der Waals surface area contributed by atoms with Gasteiger partial charge in [0.1, 0.15) is 5.75 Å². The van der Waals surface area contributed by atoms with E-state index in [1.54, 1.807) is 31.4 Å². The van der Waals surface area contributed by atoms with E-state index in [2.05, 4.69) is 4.98 Å². The quantitative estimate of drug-likeness (QED) is 0.653. The van der Waals surface area contributed by atoms with Crippen LogP contribution in [0.25, 0.3) is 22.2 Å². The van der Waals surface area contributed by atoms with Crippen molar-refractivity contribution in [1.29, 1.82) is 0 Å². The number of ether oxygens (including phenoxy) is 2. The van der Waals surface area contributed by atoms with E-state index in [1.807, 2.05) is 0 Å². The number of benzene rings is 1. The molecule has 0 aliphatic carbocycles. The molecule has 0 amide bonds. The summed E-state index contributed by atoms with van der Waals surface area (Å²) in [6.45, 7) is 0. The predicted molar refractivity (Wildman–Crippen MR) is 95.6 cm³/mol. The molecule has 2 aromatic heterocycles. The Morgan fingerprint density at radius 1 is 1.04 bits per heavy atom. The summed E-state index contributed by atoms with van der Waals surface area (Å²) in [4.78, 5) is 41.2. The molecule has 0 N–H and O–H groups in total. The molecule has 0 radical (unpaired) electrons. The summed E-state index contributed by atoms with van der Waals surface area (Å²) in [7, 11) is 5.69. The van der Waals surface area contributed by atoms with Gasteiger partial charge in [-0.25, -0.2) is 14.6 Å². The van der Waals surface area contributed by atoms with Crippen LogP contribution in [0.1, 0.15) is 10.5 Å². The number of hydrogen-bond acceptors (Lipinski definition) is 6.